The number of aryl methyl sites for hydroxylation is 1. The van der Waals surface area contributed by atoms with E-state index in [1.807, 2.05) is 30.0 Å². The van der Waals surface area contributed by atoms with Gasteiger partial charge < -0.3 is 14.4 Å². The van der Waals surface area contributed by atoms with Crippen LogP contribution in [-0.2, 0) is 20.9 Å². The summed E-state index contributed by atoms with van der Waals surface area (Å²) in [5.41, 5.74) is 1.92. The highest BCUT2D eigenvalue weighted by atomic mass is 16.5. The zero-order chi connectivity index (χ0) is 17.2. The molecule has 0 radical (unpaired) electrons. The maximum atomic E-state index is 12.9. The number of carbonyl (C=O) groups is 1. The minimum atomic E-state index is -0.0640. The number of ether oxygens (including phenoxy) is 2. The van der Waals surface area contributed by atoms with Crippen molar-refractivity contribution in [3.8, 4) is 0 Å². The molecule has 134 valence electrons. The maximum absolute atomic E-state index is 12.9. The smallest absolute Gasteiger partial charge is 0.226 e. The van der Waals surface area contributed by atoms with Crippen LogP contribution in [0.1, 0.15) is 37.1 Å². The molecule has 3 heterocycles. The van der Waals surface area contributed by atoms with Crippen molar-refractivity contribution in [2.75, 3.05) is 13.2 Å². The predicted octanol–water partition coefficient (Wildman–Crippen LogP) is 2.63. The number of fused-ring (bicyclic) bond motifs is 1. The largest absolute Gasteiger partial charge is 0.373 e. The molecule has 4 rings (SSSR count). The Morgan fingerprint density at radius 1 is 1.36 bits per heavy atom. The van der Waals surface area contributed by atoms with Crippen LogP contribution in [-0.4, -0.2) is 47.2 Å². The fourth-order valence-electron chi connectivity index (χ4n) is 4.24. The van der Waals surface area contributed by atoms with Gasteiger partial charge >= 0.3 is 0 Å². The summed E-state index contributed by atoms with van der Waals surface area (Å²) < 4.78 is 12.2. The Morgan fingerprint density at radius 2 is 2.20 bits per heavy atom. The minimum Gasteiger partial charge on any atom is -0.373 e. The molecule has 3 atom stereocenters. The summed E-state index contributed by atoms with van der Waals surface area (Å²) >= 11 is 0. The third-order valence-corrected chi connectivity index (χ3v) is 5.51. The van der Waals surface area contributed by atoms with Crippen molar-refractivity contribution in [2.24, 2.45) is 5.92 Å². The van der Waals surface area contributed by atoms with Crippen LogP contribution in [0, 0.1) is 12.8 Å². The molecule has 3 aliphatic rings. The second kappa shape index (κ2) is 7.26. The number of carbonyl (C=O) groups excluding carboxylic acids is 1. The third-order valence-electron chi connectivity index (χ3n) is 5.51. The number of nitrogens with zero attached hydrogens (tertiary/aromatic N) is 2. The van der Waals surface area contributed by atoms with Crippen molar-refractivity contribution in [1.82, 2.24) is 9.88 Å². The number of aromatic nitrogens is 1. The molecule has 1 amide bonds. The van der Waals surface area contributed by atoms with E-state index in [2.05, 4.69) is 17.1 Å². The quantitative estimate of drug-likeness (QED) is 0.790. The molecule has 0 spiro atoms. The van der Waals surface area contributed by atoms with E-state index in [1.54, 1.807) is 0 Å². The standard InChI is InChI=1S/C20H26N2O3/c1-14-6-4-9-16(21-14)13-25-18-12-22(17-10-5-11-24-19(17)18)20(23)15-7-2-3-8-15/h2-4,6,9,15,17-19H,5,7-8,10-13H2,1H3/t17-,18+,19+/m1/s1. The summed E-state index contributed by atoms with van der Waals surface area (Å²) in [6.07, 6.45) is 7.93. The summed E-state index contributed by atoms with van der Waals surface area (Å²) in [4.78, 5) is 19.5. The summed E-state index contributed by atoms with van der Waals surface area (Å²) in [6, 6.07) is 6.12. The first kappa shape index (κ1) is 16.7. The van der Waals surface area contributed by atoms with Crippen LogP contribution in [0.15, 0.2) is 30.4 Å². The van der Waals surface area contributed by atoms with Crippen molar-refractivity contribution in [1.29, 1.82) is 0 Å². The number of hydrogen-bond donors (Lipinski definition) is 0. The summed E-state index contributed by atoms with van der Waals surface area (Å²) in [5, 5.41) is 0. The lowest BCUT2D eigenvalue weighted by Crippen LogP contribution is -2.45. The molecule has 0 unspecified atom stereocenters. The molecule has 2 aliphatic heterocycles. The van der Waals surface area contributed by atoms with Crippen molar-refractivity contribution in [2.45, 2.75) is 57.5 Å². The van der Waals surface area contributed by atoms with E-state index in [0.717, 1.165) is 43.7 Å². The molecule has 1 aliphatic carbocycles. The van der Waals surface area contributed by atoms with Gasteiger partial charge in [0.15, 0.2) is 0 Å². The van der Waals surface area contributed by atoms with Gasteiger partial charge in [0.2, 0.25) is 5.91 Å². The van der Waals surface area contributed by atoms with Gasteiger partial charge in [-0.05, 0) is 44.7 Å². The SMILES string of the molecule is Cc1cccc(CO[C@H]2CN(C(=O)C3CC=CC3)[C@@H]3CCCO[C@H]23)n1. The molecule has 0 bridgehead atoms. The summed E-state index contributed by atoms with van der Waals surface area (Å²) in [6.45, 7) is 3.84. The molecule has 1 aromatic rings. The zero-order valence-electron chi connectivity index (χ0n) is 14.8. The van der Waals surface area contributed by atoms with Gasteiger partial charge in [0.05, 0.1) is 18.3 Å². The van der Waals surface area contributed by atoms with Crippen molar-refractivity contribution in [3.63, 3.8) is 0 Å². The molecule has 0 N–H and O–H groups in total. The topological polar surface area (TPSA) is 51.7 Å². The summed E-state index contributed by atoms with van der Waals surface area (Å²) in [5.74, 6) is 0.380. The van der Waals surface area contributed by atoms with Crippen LogP contribution >= 0.6 is 0 Å². The minimum absolute atomic E-state index is 0.00290. The molecule has 5 nitrogen and oxygen atoms in total. The first-order chi connectivity index (χ1) is 12.2. The van der Waals surface area contributed by atoms with Crippen molar-refractivity contribution < 1.29 is 14.3 Å². The Morgan fingerprint density at radius 3 is 3.00 bits per heavy atom. The molecule has 5 heteroatoms. The molecule has 2 saturated heterocycles. The van der Waals surface area contributed by atoms with Crippen LogP contribution in [0.3, 0.4) is 0 Å². The van der Waals surface area contributed by atoms with E-state index in [-0.39, 0.29) is 30.1 Å². The number of hydrogen-bond acceptors (Lipinski definition) is 4. The van der Waals surface area contributed by atoms with E-state index >= 15 is 0 Å². The number of pyridine rings is 1. The molecule has 25 heavy (non-hydrogen) atoms. The lowest BCUT2D eigenvalue weighted by Gasteiger charge is -2.33. The van der Waals surface area contributed by atoms with E-state index in [4.69, 9.17) is 9.47 Å². The van der Waals surface area contributed by atoms with E-state index in [9.17, 15) is 4.79 Å². The van der Waals surface area contributed by atoms with Gasteiger partial charge in [0, 0.05) is 24.8 Å². The fraction of sp³-hybridized carbons (Fsp3) is 0.600. The van der Waals surface area contributed by atoms with Gasteiger partial charge in [-0.25, -0.2) is 0 Å². The second-order valence-corrected chi connectivity index (χ2v) is 7.30. The average Bonchev–Trinajstić information content (AvgIpc) is 3.28. The van der Waals surface area contributed by atoms with Crippen molar-refractivity contribution >= 4 is 5.91 Å². The number of amides is 1. The van der Waals surface area contributed by atoms with Crippen molar-refractivity contribution in [3.05, 3.63) is 41.7 Å². The van der Waals surface area contributed by atoms with E-state index in [1.165, 1.54) is 0 Å². The Labute approximate surface area is 149 Å². The highest BCUT2D eigenvalue weighted by molar-refractivity contribution is 5.80. The van der Waals surface area contributed by atoms with Gasteiger partial charge in [-0.3, -0.25) is 9.78 Å². The van der Waals surface area contributed by atoms with Crippen LogP contribution < -0.4 is 0 Å². The Kier molecular flexibility index (Phi) is 4.86. The zero-order valence-corrected chi connectivity index (χ0v) is 14.8. The highest BCUT2D eigenvalue weighted by Crippen LogP contribution is 2.33. The number of rotatable bonds is 4. The van der Waals surface area contributed by atoms with Crippen LogP contribution in [0.25, 0.3) is 0 Å². The van der Waals surface area contributed by atoms with E-state index in [0.29, 0.717) is 13.2 Å². The van der Waals surface area contributed by atoms with Crippen LogP contribution in [0.4, 0.5) is 0 Å². The third kappa shape index (κ3) is 3.48. The molecular weight excluding hydrogens is 316 g/mol. The van der Waals surface area contributed by atoms with Gasteiger partial charge in [-0.1, -0.05) is 18.2 Å². The number of likely N-dealkylation sites (tertiary alicyclic amines) is 1. The maximum Gasteiger partial charge on any atom is 0.226 e. The van der Waals surface area contributed by atoms with Crippen LogP contribution in [0.5, 0.6) is 0 Å². The molecular formula is C20H26N2O3. The van der Waals surface area contributed by atoms with Gasteiger partial charge in [0.25, 0.3) is 0 Å². The number of allylic oxidation sites excluding steroid dienone is 2. The molecule has 1 aromatic heterocycles. The second-order valence-electron chi connectivity index (χ2n) is 7.30. The first-order valence-electron chi connectivity index (χ1n) is 9.33. The summed E-state index contributed by atoms with van der Waals surface area (Å²) in [7, 11) is 0. The highest BCUT2D eigenvalue weighted by Gasteiger charge is 2.47. The monoisotopic (exact) mass is 342 g/mol. The average molecular weight is 342 g/mol. The Hall–Kier alpha value is -1.72. The Bertz CT molecular complexity index is 652. The first-order valence-corrected chi connectivity index (χ1v) is 9.33. The van der Waals surface area contributed by atoms with Gasteiger partial charge in [-0.2, -0.15) is 0 Å². The van der Waals surface area contributed by atoms with Crippen LogP contribution in [0.2, 0.25) is 0 Å². The lowest BCUT2D eigenvalue weighted by molar-refractivity contribution is -0.138. The van der Waals surface area contributed by atoms with Gasteiger partial charge in [-0.15, -0.1) is 0 Å². The Balaban J connectivity index is 1.44. The fourth-order valence-corrected chi connectivity index (χ4v) is 4.24. The van der Waals surface area contributed by atoms with E-state index < -0.39 is 0 Å². The molecule has 2 fully saturated rings. The lowest BCUT2D eigenvalue weighted by atomic mass is 10.0. The predicted molar refractivity (Wildman–Crippen MR) is 93.9 cm³/mol. The molecule has 0 saturated carbocycles. The molecule has 0 aromatic carbocycles. The van der Waals surface area contributed by atoms with Gasteiger partial charge in [0.1, 0.15) is 12.2 Å². The normalized spacial score (nSPS) is 29.2.